The van der Waals surface area contributed by atoms with E-state index in [9.17, 15) is 22.8 Å². The van der Waals surface area contributed by atoms with Gasteiger partial charge in [-0.25, -0.2) is 13.2 Å². The number of carbonyl (C=O) groups is 3. The summed E-state index contributed by atoms with van der Waals surface area (Å²) in [5.41, 5.74) is -0.622. The number of sulfonamides is 1. The number of rotatable bonds is 5. The van der Waals surface area contributed by atoms with E-state index in [1.807, 2.05) is 6.07 Å². The fourth-order valence-electron chi connectivity index (χ4n) is 3.98. The molecule has 2 fully saturated rings. The van der Waals surface area contributed by atoms with Crippen LogP contribution in [0.25, 0.3) is 0 Å². The van der Waals surface area contributed by atoms with E-state index < -0.39 is 40.0 Å². The zero-order chi connectivity index (χ0) is 23.8. The van der Waals surface area contributed by atoms with Gasteiger partial charge in [-0.15, -0.1) is 0 Å². The van der Waals surface area contributed by atoms with Crippen LogP contribution in [-0.2, 0) is 25.2 Å². The number of nitrogens with zero attached hydrogens (tertiary/aromatic N) is 3. The molecule has 2 aromatic rings. The van der Waals surface area contributed by atoms with Crippen LogP contribution in [0.4, 0.5) is 4.79 Å². The summed E-state index contributed by atoms with van der Waals surface area (Å²) in [7, 11) is -3.71. The van der Waals surface area contributed by atoms with Gasteiger partial charge < -0.3 is 10.2 Å². The second-order valence-electron chi connectivity index (χ2n) is 8.05. The number of nitrogens with one attached hydrogen (secondary N) is 1. The lowest BCUT2D eigenvalue weighted by Gasteiger charge is -2.34. The first-order valence-electron chi connectivity index (χ1n) is 10.4. The summed E-state index contributed by atoms with van der Waals surface area (Å²) in [5, 5.41) is 3.11. The Morgan fingerprint density at radius 2 is 1.61 bits per heavy atom. The Morgan fingerprint density at radius 1 is 1.00 bits per heavy atom. The number of benzene rings is 2. The maximum Gasteiger partial charge on any atom is 0.325 e. The summed E-state index contributed by atoms with van der Waals surface area (Å²) < 4.78 is 26.9. The van der Waals surface area contributed by atoms with E-state index in [4.69, 9.17) is 11.6 Å². The van der Waals surface area contributed by atoms with Crippen LogP contribution in [0, 0.1) is 0 Å². The second-order valence-corrected chi connectivity index (χ2v) is 10.4. The van der Waals surface area contributed by atoms with Crippen LogP contribution in [0.1, 0.15) is 12.5 Å². The van der Waals surface area contributed by atoms with Gasteiger partial charge in [0, 0.05) is 31.2 Å². The molecule has 0 aromatic heterocycles. The highest BCUT2D eigenvalue weighted by Crippen LogP contribution is 2.28. The zero-order valence-corrected chi connectivity index (χ0v) is 19.5. The van der Waals surface area contributed by atoms with E-state index in [-0.39, 0.29) is 31.1 Å². The lowest BCUT2D eigenvalue weighted by molar-refractivity contribution is -0.139. The summed E-state index contributed by atoms with van der Waals surface area (Å²) in [5.74, 6) is -0.921. The van der Waals surface area contributed by atoms with Crippen LogP contribution < -0.4 is 5.32 Å². The highest BCUT2D eigenvalue weighted by Gasteiger charge is 2.49. The Morgan fingerprint density at radius 3 is 2.21 bits per heavy atom. The molecule has 2 aliphatic rings. The van der Waals surface area contributed by atoms with E-state index in [0.29, 0.717) is 10.6 Å². The minimum atomic E-state index is -3.71. The van der Waals surface area contributed by atoms with Crippen LogP contribution in [-0.4, -0.2) is 73.1 Å². The van der Waals surface area contributed by atoms with Crippen molar-refractivity contribution in [3.63, 3.8) is 0 Å². The highest BCUT2D eigenvalue weighted by atomic mass is 35.5. The Hall–Kier alpha value is -2.95. The van der Waals surface area contributed by atoms with Crippen LogP contribution >= 0.6 is 11.6 Å². The number of hydrogen-bond acceptors (Lipinski definition) is 5. The monoisotopic (exact) mass is 490 g/mol. The van der Waals surface area contributed by atoms with Crippen molar-refractivity contribution in [2.45, 2.75) is 17.4 Å². The molecule has 0 aliphatic carbocycles. The van der Waals surface area contributed by atoms with E-state index in [2.05, 4.69) is 5.32 Å². The SMILES string of the molecule is C[C@]1(c2ccccc2)NC(=O)N(CC(=O)N2CCN(S(=O)(=O)c3ccc(Cl)cc3)CC2)C1=O. The van der Waals surface area contributed by atoms with Crippen molar-refractivity contribution in [1.29, 1.82) is 0 Å². The molecular formula is C22H23ClN4O5S. The average molecular weight is 491 g/mol. The van der Waals surface area contributed by atoms with E-state index >= 15 is 0 Å². The molecule has 2 heterocycles. The summed E-state index contributed by atoms with van der Waals surface area (Å²) in [4.78, 5) is 40.8. The van der Waals surface area contributed by atoms with Crippen molar-refractivity contribution in [3.8, 4) is 0 Å². The van der Waals surface area contributed by atoms with Gasteiger partial charge in [-0.1, -0.05) is 41.9 Å². The van der Waals surface area contributed by atoms with E-state index in [1.54, 1.807) is 31.2 Å². The molecule has 0 spiro atoms. The molecule has 0 bridgehead atoms. The fraction of sp³-hybridized carbons (Fsp3) is 0.318. The Kier molecular flexibility index (Phi) is 6.17. The van der Waals surface area contributed by atoms with Crippen molar-refractivity contribution in [3.05, 3.63) is 65.2 Å². The van der Waals surface area contributed by atoms with Crippen LogP contribution in [0.3, 0.4) is 0 Å². The van der Waals surface area contributed by atoms with Crippen LogP contribution in [0.2, 0.25) is 5.02 Å². The first-order valence-corrected chi connectivity index (χ1v) is 12.2. The van der Waals surface area contributed by atoms with Crippen LogP contribution in [0.5, 0.6) is 0 Å². The minimum absolute atomic E-state index is 0.110. The number of halogens is 1. The predicted molar refractivity (Wildman–Crippen MR) is 121 cm³/mol. The van der Waals surface area contributed by atoms with Gasteiger partial charge in [0.05, 0.1) is 4.90 Å². The van der Waals surface area contributed by atoms with Gasteiger partial charge in [0.2, 0.25) is 15.9 Å². The molecule has 0 unspecified atom stereocenters. The van der Waals surface area contributed by atoms with Gasteiger partial charge in [0.15, 0.2) is 0 Å². The standard InChI is InChI=1S/C22H23ClN4O5S/c1-22(16-5-3-2-4-6-16)20(29)27(21(30)24-22)15-19(28)25-11-13-26(14-12-25)33(31,32)18-9-7-17(23)8-10-18/h2-10H,11-15H2,1H3,(H,24,30)/t22-/m1/s1. The van der Waals surface area contributed by atoms with Gasteiger partial charge in [0.25, 0.3) is 5.91 Å². The lowest BCUT2D eigenvalue weighted by Crippen LogP contribution is -2.53. The number of piperazine rings is 1. The van der Waals surface area contributed by atoms with Crippen molar-refractivity contribution in [2.24, 2.45) is 0 Å². The van der Waals surface area contributed by atoms with Crippen molar-refractivity contribution in [1.82, 2.24) is 19.4 Å². The third-order valence-electron chi connectivity index (χ3n) is 5.96. The molecule has 0 saturated carbocycles. The molecule has 0 radical (unpaired) electrons. The number of carbonyl (C=O) groups excluding carboxylic acids is 3. The number of hydrogen-bond donors (Lipinski definition) is 1. The predicted octanol–water partition coefficient (Wildman–Crippen LogP) is 1.64. The number of imide groups is 1. The Balaban J connectivity index is 1.39. The van der Waals surface area contributed by atoms with Gasteiger partial charge >= 0.3 is 6.03 Å². The van der Waals surface area contributed by atoms with Gasteiger partial charge in [0.1, 0.15) is 12.1 Å². The summed E-state index contributed by atoms with van der Waals surface area (Å²) in [6.45, 7) is 1.73. The largest absolute Gasteiger partial charge is 0.338 e. The lowest BCUT2D eigenvalue weighted by atomic mass is 9.92. The fourth-order valence-corrected chi connectivity index (χ4v) is 5.52. The van der Waals surface area contributed by atoms with Gasteiger partial charge in [-0.05, 0) is 36.8 Å². The Labute approximate surface area is 197 Å². The maximum atomic E-state index is 13.0. The quantitative estimate of drug-likeness (QED) is 0.641. The van der Waals surface area contributed by atoms with E-state index in [1.165, 1.54) is 33.5 Å². The topological polar surface area (TPSA) is 107 Å². The molecule has 4 rings (SSSR count). The average Bonchev–Trinajstić information content (AvgIpc) is 3.04. The molecule has 4 amide bonds. The summed E-state index contributed by atoms with van der Waals surface area (Å²) >= 11 is 5.84. The summed E-state index contributed by atoms with van der Waals surface area (Å²) in [6, 6.07) is 14.1. The highest BCUT2D eigenvalue weighted by molar-refractivity contribution is 7.89. The molecule has 2 saturated heterocycles. The molecule has 1 atom stereocenters. The molecule has 1 N–H and O–H groups in total. The van der Waals surface area contributed by atoms with Crippen molar-refractivity contribution in [2.75, 3.05) is 32.7 Å². The van der Waals surface area contributed by atoms with E-state index in [0.717, 1.165) is 4.90 Å². The van der Waals surface area contributed by atoms with Gasteiger partial charge in [-0.3, -0.25) is 14.5 Å². The third-order valence-corrected chi connectivity index (χ3v) is 8.13. The first-order chi connectivity index (χ1) is 15.6. The van der Waals surface area contributed by atoms with Crippen LogP contribution in [0.15, 0.2) is 59.5 Å². The molecule has 33 heavy (non-hydrogen) atoms. The van der Waals surface area contributed by atoms with Crippen molar-refractivity contribution >= 4 is 39.5 Å². The molecular weight excluding hydrogens is 468 g/mol. The summed E-state index contributed by atoms with van der Waals surface area (Å²) in [6.07, 6.45) is 0. The first kappa shape index (κ1) is 23.2. The second kappa shape index (κ2) is 8.77. The molecule has 11 heteroatoms. The minimum Gasteiger partial charge on any atom is -0.338 e. The number of urea groups is 1. The molecule has 2 aliphatic heterocycles. The normalized spacial score (nSPS) is 21.9. The third kappa shape index (κ3) is 4.33. The smallest absolute Gasteiger partial charge is 0.325 e. The Bertz CT molecular complexity index is 1180. The molecule has 174 valence electrons. The molecule has 2 aromatic carbocycles. The molecule has 9 nitrogen and oxygen atoms in total. The van der Waals surface area contributed by atoms with Crippen molar-refractivity contribution < 1.29 is 22.8 Å². The maximum absolute atomic E-state index is 13.0. The zero-order valence-electron chi connectivity index (χ0n) is 17.9. The number of amides is 4. The van der Waals surface area contributed by atoms with Gasteiger partial charge in [-0.2, -0.15) is 4.31 Å².